The molecule has 1 aromatic rings. The standard InChI is InChI=1S/C9H17N5/c1-3-11-9(10)12-5-4-8-6-13-14(2)7-8/h6-7H,3-5H2,1-2H3,(H3,10,11,12). The number of aromatic nitrogens is 2. The molecule has 1 aromatic heterocycles. The second-order valence-corrected chi connectivity index (χ2v) is 3.07. The van der Waals surface area contributed by atoms with Crippen LogP contribution in [-0.4, -0.2) is 28.8 Å². The second-order valence-electron chi connectivity index (χ2n) is 3.07. The zero-order valence-electron chi connectivity index (χ0n) is 8.70. The molecule has 1 rings (SSSR count). The Morgan fingerprint density at radius 1 is 1.71 bits per heavy atom. The minimum Gasteiger partial charge on any atom is -0.370 e. The molecule has 0 amide bonds. The van der Waals surface area contributed by atoms with Crippen molar-refractivity contribution in [1.82, 2.24) is 15.1 Å². The first-order chi connectivity index (χ1) is 6.72. The number of rotatable bonds is 4. The molecular formula is C9H17N5. The minimum atomic E-state index is 0.511. The van der Waals surface area contributed by atoms with Crippen molar-refractivity contribution < 1.29 is 0 Å². The Hall–Kier alpha value is -1.52. The van der Waals surface area contributed by atoms with Crippen LogP contribution in [0.2, 0.25) is 0 Å². The van der Waals surface area contributed by atoms with Crippen molar-refractivity contribution in [3.8, 4) is 0 Å². The lowest BCUT2D eigenvalue weighted by Gasteiger charge is -2.00. The maximum Gasteiger partial charge on any atom is 0.188 e. The van der Waals surface area contributed by atoms with Gasteiger partial charge in [0.15, 0.2) is 5.96 Å². The number of hydrogen-bond donors (Lipinski definition) is 2. The number of nitrogens with one attached hydrogen (secondary N) is 1. The molecule has 0 spiro atoms. The Labute approximate surface area is 84.0 Å². The number of guanidine groups is 1. The van der Waals surface area contributed by atoms with Crippen molar-refractivity contribution in [3.05, 3.63) is 18.0 Å². The molecule has 0 atom stereocenters. The summed E-state index contributed by atoms with van der Waals surface area (Å²) in [5.41, 5.74) is 6.75. The molecule has 0 fully saturated rings. The predicted octanol–water partition coefficient (Wildman–Crippen LogP) is -0.113. The highest BCUT2D eigenvalue weighted by Crippen LogP contribution is 1.96. The van der Waals surface area contributed by atoms with Crippen molar-refractivity contribution in [3.63, 3.8) is 0 Å². The topological polar surface area (TPSA) is 68.2 Å². The minimum absolute atomic E-state index is 0.511. The molecule has 0 aliphatic rings. The van der Waals surface area contributed by atoms with Crippen LogP contribution in [0.5, 0.6) is 0 Å². The van der Waals surface area contributed by atoms with Crippen LogP contribution in [0.1, 0.15) is 12.5 Å². The van der Waals surface area contributed by atoms with E-state index in [-0.39, 0.29) is 0 Å². The Bertz CT molecular complexity index is 302. The monoisotopic (exact) mass is 195 g/mol. The number of nitrogens with two attached hydrogens (primary N) is 1. The maximum absolute atomic E-state index is 5.57. The molecule has 0 saturated carbocycles. The summed E-state index contributed by atoms with van der Waals surface area (Å²) in [4.78, 5) is 4.16. The second kappa shape index (κ2) is 5.26. The number of aryl methyl sites for hydroxylation is 1. The van der Waals surface area contributed by atoms with Crippen LogP contribution in [0.3, 0.4) is 0 Å². The van der Waals surface area contributed by atoms with E-state index in [2.05, 4.69) is 15.4 Å². The van der Waals surface area contributed by atoms with E-state index in [0.29, 0.717) is 12.5 Å². The first-order valence-electron chi connectivity index (χ1n) is 4.73. The highest BCUT2D eigenvalue weighted by atomic mass is 15.2. The van der Waals surface area contributed by atoms with Gasteiger partial charge in [0.25, 0.3) is 0 Å². The number of hydrogen-bond acceptors (Lipinski definition) is 2. The fourth-order valence-corrected chi connectivity index (χ4v) is 1.14. The van der Waals surface area contributed by atoms with Gasteiger partial charge in [0.1, 0.15) is 0 Å². The van der Waals surface area contributed by atoms with E-state index in [1.165, 1.54) is 5.56 Å². The van der Waals surface area contributed by atoms with Crippen LogP contribution >= 0.6 is 0 Å². The Kier molecular flexibility index (Phi) is 3.97. The largest absolute Gasteiger partial charge is 0.370 e. The van der Waals surface area contributed by atoms with E-state index in [1.54, 1.807) is 4.68 Å². The Morgan fingerprint density at radius 2 is 2.50 bits per heavy atom. The van der Waals surface area contributed by atoms with Crippen LogP contribution in [0.4, 0.5) is 0 Å². The highest BCUT2D eigenvalue weighted by molar-refractivity contribution is 5.77. The van der Waals surface area contributed by atoms with Gasteiger partial charge in [0.2, 0.25) is 0 Å². The molecule has 0 aliphatic heterocycles. The van der Waals surface area contributed by atoms with Crippen molar-refractivity contribution in [1.29, 1.82) is 0 Å². The summed E-state index contributed by atoms with van der Waals surface area (Å²) in [5, 5.41) is 7.02. The van der Waals surface area contributed by atoms with Crippen LogP contribution in [-0.2, 0) is 13.5 Å². The fourth-order valence-electron chi connectivity index (χ4n) is 1.14. The van der Waals surface area contributed by atoms with Gasteiger partial charge in [0.05, 0.1) is 6.20 Å². The molecule has 0 unspecified atom stereocenters. The molecule has 0 saturated heterocycles. The molecule has 0 aliphatic carbocycles. The van der Waals surface area contributed by atoms with Gasteiger partial charge < -0.3 is 11.1 Å². The summed E-state index contributed by atoms with van der Waals surface area (Å²) in [7, 11) is 1.90. The summed E-state index contributed by atoms with van der Waals surface area (Å²) in [6.07, 6.45) is 4.71. The number of nitrogens with zero attached hydrogens (tertiary/aromatic N) is 3. The molecule has 5 nitrogen and oxygen atoms in total. The third kappa shape index (κ3) is 3.47. The van der Waals surface area contributed by atoms with Crippen molar-refractivity contribution in [2.45, 2.75) is 13.3 Å². The third-order valence-corrected chi connectivity index (χ3v) is 1.80. The number of aliphatic imine (C=N–C) groups is 1. The average Bonchev–Trinajstić information content (AvgIpc) is 2.52. The maximum atomic E-state index is 5.57. The molecule has 5 heteroatoms. The molecule has 3 N–H and O–H groups in total. The van der Waals surface area contributed by atoms with Crippen molar-refractivity contribution in [2.24, 2.45) is 17.8 Å². The fraction of sp³-hybridized carbons (Fsp3) is 0.556. The smallest absolute Gasteiger partial charge is 0.188 e. The zero-order valence-corrected chi connectivity index (χ0v) is 8.70. The van der Waals surface area contributed by atoms with Gasteiger partial charge in [-0.1, -0.05) is 0 Å². The lowest BCUT2D eigenvalue weighted by molar-refractivity contribution is 0.766. The van der Waals surface area contributed by atoms with Crippen LogP contribution in [0.25, 0.3) is 0 Å². The van der Waals surface area contributed by atoms with Crippen molar-refractivity contribution >= 4 is 5.96 Å². The Balaban J connectivity index is 2.31. The van der Waals surface area contributed by atoms with E-state index in [1.807, 2.05) is 26.4 Å². The van der Waals surface area contributed by atoms with Gasteiger partial charge in [-0.05, 0) is 18.9 Å². The zero-order chi connectivity index (χ0) is 10.4. The van der Waals surface area contributed by atoms with Crippen LogP contribution in [0.15, 0.2) is 17.4 Å². The summed E-state index contributed by atoms with van der Waals surface area (Å²) in [6.45, 7) is 3.50. The predicted molar refractivity (Wildman–Crippen MR) is 57.1 cm³/mol. The van der Waals surface area contributed by atoms with Gasteiger partial charge in [0, 0.05) is 26.3 Å². The molecule has 78 valence electrons. The first-order valence-corrected chi connectivity index (χ1v) is 4.73. The summed E-state index contributed by atoms with van der Waals surface area (Å²) < 4.78 is 1.78. The molecular weight excluding hydrogens is 178 g/mol. The summed E-state index contributed by atoms with van der Waals surface area (Å²) in [6, 6.07) is 0. The molecule has 14 heavy (non-hydrogen) atoms. The molecule has 0 radical (unpaired) electrons. The van der Waals surface area contributed by atoms with Gasteiger partial charge in [-0.3, -0.25) is 9.67 Å². The third-order valence-electron chi connectivity index (χ3n) is 1.80. The quantitative estimate of drug-likeness (QED) is 0.520. The SMILES string of the molecule is CCNC(N)=NCCc1cnn(C)c1. The van der Waals surface area contributed by atoms with Gasteiger partial charge in [-0.2, -0.15) is 5.10 Å². The van der Waals surface area contributed by atoms with Gasteiger partial charge in [-0.25, -0.2) is 0 Å². The van der Waals surface area contributed by atoms with Crippen LogP contribution in [0, 0.1) is 0 Å². The summed E-state index contributed by atoms with van der Waals surface area (Å²) >= 11 is 0. The van der Waals surface area contributed by atoms with E-state index in [4.69, 9.17) is 5.73 Å². The highest BCUT2D eigenvalue weighted by Gasteiger charge is 1.95. The molecule has 0 bridgehead atoms. The molecule has 0 aromatic carbocycles. The van der Waals surface area contributed by atoms with E-state index in [0.717, 1.165) is 13.0 Å². The Morgan fingerprint density at radius 3 is 3.07 bits per heavy atom. The van der Waals surface area contributed by atoms with Crippen molar-refractivity contribution in [2.75, 3.05) is 13.1 Å². The van der Waals surface area contributed by atoms with E-state index < -0.39 is 0 Å². The van der Waals surface area contributed by atoms with E-state index in [9.17, 15) is 0 Å². The normalized spacial score (nSPS) is 11.7. The van der Waals surface area contributed by atoms with E-state index >= 15 is 0 Å². The van der Waals surface area contributed by atoms with Gasteiger partial charge in [-0.15, -0.1) is 0 Å². The van der Waals surface area contributed by atoms with Gasteiger partial charge >= 0.3 is 0 Å². The lowest BCUT2D eigenvalue weighted by atomic mass is 10.3. The first kappa shape index (κ1) is 10.6. The van der Waals surface area contributed by atoms with Crippen LogP contribution < -0.4 is 11.1 Å². The average molecular weight is 195 g/mol. The molecule has 1 heterocycles. The lowest BCUT2D eigenvalue weighted by Crippen LogP contribution is -2.31. The summed E-state index contributed by atoms with van der Waals surface area (Å²) in [5.74, 6) is 0.511.